The summed E-state index contributed by atoms with van der Waals surface area (Å²) in [6.45, 7) is 2.00. The molecule has 17 heavy (non-hydrogen) atoms. The quantitative estimate of drug-likeness (QED) is 0.812. The van der Waals surface area contributed by atoms with E-state index in [1.54, 1.807) is 7.11 Å². The summed E-state index contributed by atoms with van der Waals surface area (Å²) in [6.07, 6.45) is 2.43. The third kappa shape index (κ3) is 3.12. The van der Waals surface area contributed by atoms with Crippen LogP contribution in [0.4, 0.5) is 5.69 Å². The molecule has 0 unspecified atom stereocenters. The molecule has 1 aromatic carbocycles. The molecule has 0 aromatic heterocycles. The van der Waals surface area contributed by atoms with Crippen LogP contribution in [-0.4, -0.2) is 26.3 Å². The van der Waals surface area contributed by atoms with Crippen LogP contribution in [0.5, 0.6) is 0 Å². The SMILES string of the molecule is CO[C@@H]1CNCC[C@@H]1Cc1ccc(Cl)c(N)c1. The highest BCUT2D eigenvalue weighted by Gasteiger charge is 2.24. The molecule has 94 valence electrons. The summed E-state index contributed by atoms with van der Waals surface area (Å²) in [5.41, 5.74) is 7.71. The normalized spacial score (nSPS) is 24.8. The van der Waals surface area contributed by atoms with Gasteiger partial charge in [-0.15, -0.1) is 0 Å². The lowest BCUT2D eigenvalue weighted by Gasteiger charge is -2.31. The second kappa shape index (κ2) is 5.71. The Morgan fingerprint density at radius 3 is 3.06 bits per heavy atom. The Hall–Kier alpha value is -0.770. The lowest BCUT2D eigenvalue weighted by molar-refractivity contribution is 0.0341. The van der Waals surface area contributed by atoms with Gasteiger partial charge in [0.15, 0.2) is 0 Å². The van der Waals surface area contributed by atoms with Gasteiger partial charge in [-0.3, -0.25) is 0 Å². The van der Waals surface area contributed by atoms with Crippen LogP contribution in [0, 0.1) is 5.92 Å². The Bertz CT molecular complexity index is 384. The van der Waals surface area contributed by atoms with Crippen LogP contribution in [0.15, 0.2) is 18.2 Å². The van der Waals surface area contributed by atoms with Crippen molar-refractivity contribution < 1.29 is 4.74 Å². The maximum Gasteiger partial charge on any atom is 0.0727 e. The predicted molar refractivity (Wildman–Crippen MR) is 71.3 cm³/mol. The molecule has 3 nitrogen and oxygen atoms in total. The molecule has 0 radical (unpaired) electrons. The minimum absolute atomic E-state index is 0.292. The van der Waals surface area contributed by atoms with Gasteiger partial charge in [-0.1, -0.05) is 17.7 Å². The number of hydrogen-bond donors (Lipinski definition) is 2. The van der Waals surface area contributed by atoms with Crippen LogP contribution < -0.4 is 11.1 Å². The molecule has 2 rings (SSSR count). The summed E-state index contributed by atoms with van der Waals surface area (Å²) in [5.74, 6) is 0.557. The van der Waals surface area contributed by atoms with Gasteiger partial charge in [0.2, 0.25) is 0 Å². The second-order valence-electron chi connectivity index (χ2n) is 4.59. The third-order valence-corrected chi connectivity index (χ3v) is 3.77. The maximum absolute atomic E-state index is 5.92. The van der Waals surface area contributed by atoms with Gasteiger partial charge in [-0.25, -0.2) is 0 Å². The van der Waals surface area contributed by atoms with E-state index in [9.17, 15) is 0 Å². The molecule has 1 saturated heterocycles. The first kappa shape index (κ1) is 12.7. The zero-order chi connectivity index (χ0) is 12.3. The van der Waals surface area contributed by atoms with Gasteiger partial charge in [0.25, 0.3) is 0 Å². The van der Waals surface area contributed by atoms with Gasteiger partial charge in [0.1, 0.15) is 0 Å². The monoisotopic (exact) mass is 254 g/mol. The standard InChI is InChI=1S/C13H19ClN2O/c1-17-13-8-16-5-4-10(13)6-9-2-3-11(14)12(15)7-9/h2-3,7,10,13,16H,4-6,8,15H2,1H3/t10-,13-/m1/s1. The van der Waals surface area contributed by atoms with Crippen LogP contribution in [0.25, 0.3) is 0 Å². The van der Waals surface area contributed by atoms with Crippen molar-refractivity contribution in [2.75, 3.05) is 25.9 Å². The molecule has 1 aliphatic heterocycles. The fourth-order valence-electron chi connectivity index (χ4n) is 2.42. The molecule has 0 aliphatic carbocycles. The number of rotatable bonds is 3. The number of nitrogens with one attached hydrogen (secondary N) is 1. The largest absolute Gasteiger partial charge is 0.398 e. The first-order valence-corrected chi connectivity index (χ1v) is 6.36. The Labute approximate surface area is 107 Å². The van der Waals surface area contributed by atoms with Crippen molar-refractivity contribution in [3.8, 4) is 0 Å². The number of methoxy groups -OCH3 is 1. The van der Waals surface area contributed by atoms with Gasteiger partial charge >= 0.3 is 0 Å². The summed E-state index contributed by atoms with van der Waals surface area (Å²) in [5, 5.41) is 3.98. The Kier molecular flexibility index (Phi) is 4.26. The highest BCUT2D eigenvalue weighted by Crippen LogP contribution is 2.24. The zero-order valence-corrected chi connectivity index (χ0v) is 10.8. The lowest BCUT2D eigenvalue weighted by atomic mass is 9.88. The lowest BCUT2D eigenvalue weighted by Crippen LogP contribution is -2.42. The molecular formula is C13H19ClN2O. The van der Waals surface area contributed by atoms with Gasteiger partial charge < -0.3 is 15.8 Å². The average Bonchev–Trinajstić information content (AvgIpc) is 2.34. The summed E-state index contributed by atoms with van der Waals surface area (Å²) >= 11 is 5.92. The number of benzene rings is 1. The Morgan fingerprint density at radius 1 is 1.53 bits per heavy atom. The Balaban J connectivity index is 2.05. The zero-order valence-electron chi connectivity index (χ0n) is 10.1. The number of ether oxygens (including phenoxy) is 1. The van der Waals surface area contributed by atoms with E-state index in [0.29, 0.717) is 22.7 Å². The van der Waals surface area contributed by atoms with E-state index in [1.807, 2.05) is 18.2 Å². The topological polar surface area (TPSA) is 47.3 Å². The van der Waals surface area contributed by atoms with Crippen molar-refractivity contribution >= 4 is 17.3 Å². The molecule has 2 atom stereocenters. The number of hydrogen-bond acceptors (Lipinski definition) is 3. The summed E-state index contributed by atoms with van der Waals surface area (Å²) < 4.78 is 5.51. The van der Waals surface area contributed by atoms with Gasteiger partial charge in [0, 0.05) is 13.7 Å². The van der Waals surface area contributed by atoms with Crippen molar-refractivity contribution in [3.05, 3.63) is 28.8 Å². The van der Waals surface area contributed by atoms with E-state index < -0.39 is 0 Å². The number of halogens is 1. The summed E-state index contributed by atoms with van der Waals surface area (Å²) in [7, 11) is 1.78. The van der Waals surface area contributed by atoms with E-state index in [1.165, 1.54) is 5.56 Å². The van der Waals surface area contributed by atoms with E-state index in [0.717, 1.165) is 25.9 Å². The van der Waals surface area contributed by atoms with Crippen molar-refractivity contribution in [2.45, 2.75) is 18.9 Å². The van der Waals surface area contributed by atoms with Gasteiger partial charge in [-0.05, 0) is 43.0 Å². The van der Waals surface area contributed by atoms with E-state index in [2.05, 4.69) is 5.32 Å². The first-order valence-electron chi connectivity index (χ1n) is 5.98. The van der Waals surface area contributed by atoms with E-state index in [4.69, 9.17) is 22.1 Å². The van der Waals surface area contributed by atoms with Crippen LogP contribution in [0.1, 0.15) is 12.0 Å². The molecule has 0 amide bonds. The average molecular weight is 255 g/mol. The van der Waals surface area contributed by atoms with Gasteiger partial charge in [-0.2, -0.15) is 0 Å². The van der Waals surface area contributed by atoms with Crippen LogP contribution in [0.2, 0.25) is 5.02 Å². The number of nitrogens with two attached hydrogens (primary N) is 1. The fraction of sp³-hybridized carbons (Fsp3) is 0.538. The molecule has 1 aromatic rings. The molecule has 1 aliphatic rings. The molecule has 4 heteroatoms. The van der Waals surface area contributed by atoms with Crippen LogP contribution in [0.3, 0.4) is 0 Å². The molecule has 3 N–H and O–H groups in total. The molecule has 0 spiro atoms. The van der Waals surface area contributed by atoms with Crippen LogP contribution in [-0.2, 0) is 11.2 Å². The minimum Gasteiger partial charge on any atom is -0.398 e. The van der Waals surface area contributed by atoms with Gasteiger partial charge in [0.05, 0.1) is 16.8 Å². The predicted octanol–water partition coefficient (Wildman–Crippen LogP) is 2.09. The van der Waals surface area contributed by atoms with E-state index >= 15 is 0 Å². The first-order chi connectivity index (χ1) is 8.20. The van der Waals surface area contributed by atoms with Crippen molar-refractivity contribution in [3.63, 3.8) is 0 Å². The number of nitrogen functional groups attached to an aromatic ring is 1. The molecule has 0 saturated carbocycles. The van der Waals surface area contributed by atoms with Crippen molar-refractivity contribution in [1.82, 2.24) is 5.32 Å². The maximum atomic E-state index is 5.92. The third-order valence-electron chi connectivity index (χ3n) is 3.42. The highest BCUT2D eigenvalue weighted by molar-refractivity contribution is 6.33. The number of anilines is 1. The van der Waals surface area contributed by atoms with Crippen molar-refractivity contribution in [1.29, 1.82) is 0 Å². The van der Waals surface area contributed by atoms with Crippen LogP contribution >= 0.6 is 11.6 Å². The number of piperidine rings is 1. The minimum atomic E-state index is 0.292. The smallest absolute Gasteiger partial charge is 0.0727 e. The molecule has 0 bridgehead atoms. The molecule has 1 heterocycles. The molecular weight excluding hydrogens is 236 g/mol. The summed E-state index contributed by atoms with van der Waals surface area (Å²) in [6, 6.07) is 5.89. The fourth-order valence-corrected chi connectivity index (χ4v) is 2.53. The van der Waals surface area contributed by atoms with Crippen molar-refractivity contribution in [2.24, 2.45) is 5.92 Å². The second-order valence-corrected chi connectivity index (χ2v) is 4.99. The van der Waals surface area contributed by atoms with E-state index in [-0.39, 0.29) is 0 Å². The highest BCUT2D eigenvalue weighted by atomic mass is 35.5. The molecule has 1 fully saturated rings. The Morgan fingerprint density at radius 2 is 2.35 bits per heavy atom. The summed E-state index contributed by atoms with van der Waals surface area (Å²) in [4.78, 5) is 0.